The summed E-state index contributed by atoms with van der Waals surface area (Å²) in [6.45, 7) is 0. The average Bonchev–Trinajstić information content (AvgIpc) is 2.40. The molecule has 2 aromatic carbocycles. The van der Waals surface area contributed by atoms with Crippen LogP contribution in [0.25, 0.3) is 0 Å². The van der Waals surface area contributed by atoms with E-state index in [0.717, 1.165) is 6.42 Å². The predicted octanol–water partition coefficient (Wildman–Crippen LogP) is 5.55. The number of hydrogen-bond acceptors (Lipinski definition) is 0. The van der Waals surface area contributed by atoms with E-state index in [1.54, 1.807) is 12.1 Å². The van der Waals surface area contributed by atoms with Crippen LogP contribution in [0.2, 0.25) is 5.02 Å². The third-order valence-corrected chi connectivity index (χ3v) is 4.06. The molecule has 0 aromatic heterocycles. The Morgan fingerprint density at radius 3 is 2.56 bits per heavy atom. The summed E-state index contributed by atoms with van der Waals surface area (Å²) in [6.07, 6.45) is 1.50. The van der Waals surface area contributed by atoms with E-state index in [4.69, 9.17) is 11.6 Å². The molecule has 0 saturated carbocycles. The van der Waals surface area contributed by atoms with Crippen molar-refractivity contribution in [3.8, 4) is 0 Å². The summed E-state index contributed by atoms with van der Waals surface area (Å²) < 4.78 is 13.5. The molecule has 0 radical (unpaired) electrons. The Hall–Kier alpha value is -0.860. The van der Waals surface area contributed by atoms with E-state index < -0.39 is 0 Å². The standard InChI is InChI=1S/C15H13BrClF/c16-14(11-4-2-1-3-5-11)8-6-12-10-13(17)7-9-15(12)18/h1-5,7,9-10,14H,6,8H2. The summed E-state index contributed by atoms with van der Waals surface area (Å²) >= 11 is 9.50. The molecular formula is C15H13BrClF. The molecule has 94 valence electrons. The lowest BCUT2D eigenvalue weighted by molar-refractivity contribution is 0.604. The zero-order valence-corrected chi connectivity index (χ0v) is 12.1. The zero-order chi connectivity index (χ0) is 13.0. The van der Waals surface area contributed by atoms with Gasteiger partial charge in [-0.25, -0.2) is 4.39 Å². The second kappa shape index (κ2) is 6.35. The predicted molar refractivity (Wildman–Crippen MR) is 77.8 cm³/mol. The first-order valence-electron chi connectivity index (χ1n) is 5.80. The summed E-state index contributed by atoms with van der Waals surface area (Å²) in [7, 11) is 0. The smallest absolute Gasteiger partial charge is 0.126 e. The van der Waals surface area contributed by atoms with Crippen LogP contribution in [-0.4, -0.2) is 0 Å². The fourth-order valence-electron chi connectivity index (χ4n) is 1.85. The molecule has 0 aliphatic heterocycles. The largest absolute Gasteiger partial charge is 0.207 e. The molecule has 1 atom stereocenters. The van der Waals surface area contributed by atoms with E-state index in [1.807, 2.05) is 18.2 Å². The molecule has 1 unspecified atom stereocenters. The molecule has 3 heteroatoms. The average molecular weight is 328 g/mol. The monoisotopic (exact) mass is 326 g/mol. The van der Waals surface area contributed by atoms with Crippen LogP contribution >= 0.6 is 27.5 Å². The molecule has 0 heterocycles. The van der Waals surface area contributed by atoms with Crippen LogP contribution in [0.1, 0.15) is 22.4 Å². The summed E-state index contributed by atoms with van der Waals surface area (Å²) in [5.74, 6) is -0.188. The molecule has 0 nitrogen and oxygen atoms in total. The Balaban J connectivity index is 2.01. The molecule has 2 rings (SSSR count). The minimum atomic E-state index is -0.188. The Kier molecular flexibility index (Phi) is 4.79. The van der Waals surface area contributed by atoms with Crippen molar-refractivity contribution >= 4 is 27.5 Å². The SMILES string of the molecule is Fc1ccc(Cl)cc1CCC(Br)c1ccccc1. The highest BCUT2D eigenvalue weighted by Gasteiger charge is 2.09. The number of hydrogen-bond donors (Lipinski definition) is 0. The van der Waals surface area contributed by atoms with Gasteiger partial charge in [-0.2, -0.15) is 0 Å². The van der Waals surface area contributed by atoms with E-state index in [0.29, 0.717) is 17.0 Å². The third kappa shape index (κ3) is 3.56. The van der Waals surface area contributed by atoms with Crippen LogP contribution < -0.4 is 0 Å². The lowest BCUT2D eigenvalue weighted by Gasteiger charge is -2.10. The van der Waals surface area contributed by atoms with Crippen molar-refractivity contribution in [2.24, 2.45) is 0 Å². The van der Waals surface area contributed by atoms with Crippen molar-refractivity contribution in [3.05, 3.63) is 70.5 Å². The van der Waals surface area contributed by atoms with Crippen LogP contribution in [0, 0.1) is 5.82 Å². The van der Waals surface area contributed by atoms with Crippen LogP contribution in [0.3, 0.4) is 0 Å². The van der Waals surface area contributed by atoms with Crippen LogP contribution in [0.4, 0.5) is 4.39 Å². The lowest BCUT2D eigenvalue weighted by Crippen LogP contribution is -1.96. The number of alkyl halides is 1. The van der Waals surface area contributed by atoms with Gasteiger partial charge in [-0.1, -0.05) is 57.9 Å². The molecule has 0 aliphatic carbocycles. The van der Waals surface area contributed by atoms with Crippen molar-refractivity contribution in [2.45, 2.75) is 17.7 Å². The van der Waals surface area contributed by atoms with Gasteiger partial charge in [0.15, 0.2) is 0 Å². The maximum Gasteiger partial charge on any atom is 0.126 e. The van der Waals surface area contributed by atoms with Crippen molar-refractivity contribution < 1.29 is 4.39 Å². The van der Waals surface area contributed by atoms with E-state index in [2.05, 4.69) is 28.1 Å². The highest BCUT2D eigenvalue weighted by atomic mass is 79.9. The van der Waals surface area contributed by atoms with Crippen LogP contribution in [-0.2, 0) is 6.42 Å². The minimum absolute atomic E-state index is 0.188. The molecule has 2 aromatic rings. The number of aryl methyl sites for hydroxylation is 1. The number of halogens is 3. The van der Waals surface area contributed by atoms with Gasteiger partial charge in [0, 0.05) is 9.85 Å². The van der Waals surface area contributed by atoms with Gasteiger partial charge in [-0.15, -0.1) is 0 Å². The molecule has 0 spiro atoms. The minimum Gasteiger partial charge on any atom is -0.207 e. The van der Waals surface area contributed by atoms with Gasteiger partial charge in [-0.3, -0.25) is 0 Å². The Morgan fingerprint density at radius 1 is 1.11 bits per heavy atom. The van der Waals surface area contributed by atoms with Crippen LogP contribution in [0.5, 0.6) is 0 Å². The topological polar surface area (TPSA) is 0 Å². The first-order chi connectivity index (χ1) is 8.66. The van der Waals surface area contributed by atoms with Gasteiger partial charge in [0.25, 0.3) is 0 Å². The molecule has 0 aliphatic rings. The highest BCUT2D eigenvalue weighted by molar-refractivity contribution is 9.09. The maximum atomic E-state index is 13.5. The van der Waals surface area contributed by atoms with Gasteiger partial charge in [0.05, 0.1) is 0 Å². The lowest BCUT2D eigenvalue weighted by atomic mass is 10.0. The maximum absolute atomic E-state index is 13.5. The van der Waals surface area contributed by atoms with E-state index in [9.17, 15) is 4.39 Å². The first kappa shape index (κ1) is 13.6. The quantitative estimate of drug-likeness (QED) is 0.646. The van der Waals surface area contributed by atoms with Gasteiger partial charge in [0.1, 0.15) is 5.82 Å². The number of benzene rings is 2. The summed E-state index contributed by atoms with van der Waals surface area (Å²) in [4.78, 5) is 0.233. The van der Waals surface area contributed by atoms with Crippen molar-refractivity contribution in [2.75, 3.05) is 0 Å². The van der Waals surface area contributed by atoms with Crippen molar-refractivity contribution in [1.82, 2.24) is 0 Å². The summed E-state index contributed by atoms with van der Waals surface area (Å²) in [5.41, 5.74) is 1.88. The second-order valence-electron chi connectivity index (χ2n) is 4.15. The Morgan fingerprint density at radius 2 is 1.83 bits per heavy atom. The highest BCUT2D eigenvalue weighted by Crippen LogP contribution is 2.28. The molecule has 0 saturated heterocycles. The molecule has 0 amide bonds. The fourth-order valence-corrected chi connectivity index (χ4v) is 2.57. The Bertz CT molecular complexity index is 513. The van der Waals surface area contributed by atoms with E-state index in [-0.39, 0.29) is 10.6 Å². The van der Waals surface area contributed by atoms with E-state index >= 15 is 0 Å². The molecule has 0 fully saturated rings. The van der Waals surface area contributed by atoms with Crippen molar-refractivity contribution in [3.63, 3.8) is 0 Å². The normalized spacial score (nSPS) is 12.4. The van der Waals surface area contributed by atoms with Gasteiger partial charge in [-0.05, 0) is 42.2 Å². The van der Waals surface area contributed by atoms with E-state index in [1.165, 1.54) is 11.6 Å². The molecule has 18 heavy (non-hydrogen) atoms. The fraction of sp³-hybridized carbons (Fsp3) is 0.200. The molecular weight excluding hydrogens is 315 g/mol. The second-order valence-corrected chi connectivity index (χ2v) is 5.69. The zero-order valence-electron chi connectivity index (χ0n) is 9.74. The first-order valence-corrected chi connectivity index (χ1v) is 7.09. The summed E-state index contributed by atoms with van der Waals surface area (Å²) in [6, 6.07) is 14.8. The van der Waals surface area contributed by atoms with Gasteiger partial charge < -0.3 is 0 Å². The number of rotatable bonds is 4. The van der Waals surface area contributed by atoms with Gasteiger partial charge >= 0.3 is 0 Å². The Labute approximate surface area is 120 Å². The van der Waals surface area contributed by atoms with Crippen molar-refractivity contribution in [1.29, 1.82) is 0 Å². The van der Waals surface area contributed by atoms with Crippen LogP contribution in [0.15, 0.2) is 48.5 Å². The van der Waals surface area contributed by atoms with Gasteiger partial charge in [0.2, 0.25) is 0 Å². The summed E-state index contributed by atoms with van der Waals surface area (Å²) in [5, 5.41) is 0.581. The third-order valence-electron chi connectivity index (χ3n) is 2.84. The molecule has 0 N–H and O–H groups in total. The molecule has 0 bridgehead atoms.